The number of aryl methyl sites for hydroxylation is 2. The van der Waals surface area contributed by atoms with Crippen molar-refractivity contribution in [3.63, 3.8) is 0 Å². The molecule has 0 radical (unpaired) electrons. The number of likely N-dealkylation sites (tertiary alicyclic amines) is 1. The normalized spacial score (nSPS) is 21.3. The quantitative estimate of drug-likeness (QED) is 0.301. The van der Waals surface area contributed by atoms with Gasteiger partial charge in [-0.15, -0.1) is 0 Å². The lowest BCUT2D eigenvalue weighted by atomic mass is 9.76. The molecule has 3 aromatic carbocycles. The minimum Gasteiger partial charge on any atom is -0.478 e. The Labute approximate surface area is 242 Å². The molecule has 3 aromatic rings. The van der Waals surface area contributed by atoms with Gasteiger partial charge in [-0.25, -0.2) is 17.6 Å². The first-order chi connectivity index (χ1) is 19.9. The van der Waals surface area contributed by atoms with Crippen molar-refractivity contribution in [3.8, 4) is 0 Å². The third-order valence-electron chi connectivity index (χ3n) is 8.55. The Kier molecular flexibility index (Phi) is 7.44. The molecule has 2 aliphatic rings. The molecule has 0 amide bonds. The molecule has 1 saturated heterocycles. The van der Waals surface area contributed by atoms with Crippen LogP contribution in [0, 0.1) is 6.92 Å². The molecule has 5 rings (SSSR count). The molecule has 1 N–H and O–H groups in total. The molecule has 5 nitrogen and oxygen atoms in total. The Hall–Kier alpha value is -3.45. The number of fused-ring (bicyclic) bond motifs is 3. The number of sulfone groups is 1. The first kappa shape index (κ1) is 31.0. The zero-order chi connectivity index (χ0) is 31.6. The van der Waals surface area contributed by atoms with Gasteiger partial charge in [-0.3, -0.25) is 4.90 Å². The van der Waals surface area contributed by atoms with Crippen LogP contribution in [0.4, 0.5) is 30.7 Å². The van der Waals surface area contributed by atoms with Crippen molar-refractivity contribution in [2.75, 3.05) is 6.54 Å². The zero-order valence-corrected chi connectivity index (χ0v) is 23.5. The summed E-state index contributed by atoms with van der Waals surface area (Å²) in [6.45, 7) is 2.09. The van der Waals surface area contributed by atoms with Crippen molar-refractivity contribution < 1.29 is 49.1 Å². The van der Waals surface area contributed by atoms with E-state index in [1.807, 2.05) is 4.90 Å². The van der Waals surface area contributed by atoms with Crippen LogP contribution >= 0.6 is 0 Å². The second-order valence-electron chi connectivity index (χ2n) is 11.0. The Morgan fingerprint density at radius 3 is 2.21 bits per heavy atom. The molecule has 230 valence electrons. The van der Waals surface area contributed by atoms with E-state index in [1.165, 1.54) is 24.3 Å². The van der Waals surface area contributed by atoms with Crippen molar-refractivity contribution in [1.82, 2.24) is 4.90 Å². The number of carboxylic acid groups (broad SMARTS) is 1. The Morgan fingerprint density at radius 2 is 1.60 bits per heavy atom. The van der Waals surface area contributed by atoms with E-state index < -0.39 is 50.2 Å². The molecule has 0 bridgehead atoms. The van der Waals surface area contributed by atoms with Gasteiger partial charge in [-0.05, 0) is 67.1 Å². The fraction of sp³-hybridized carbons (Fsp3) is 0.367. The van der Waals surface area contributed by atoms with Gasteiger partial charge in [-0.1, -0.05) is 48.0 Å². The molecule has 0 unspecified atom stereocenters. The molecule has 13 heteroatoms. The molecule has 0 saturated carbocycles. The predicted molar refractivity (Wildman–Crippen MR) is 142 cm³/mol. The van der Waals surface area contributed by atoms with E-state index in [1.54, 1.807) is 31.2 Å². The number of benzene rings is 3. The summed E-state index contributed by atoms with van der Waals surface area (Å²) in [6.07, 6.45) is -12.7. The van der Waals surface area contributed by atoms with Crippen LogP contribution in [0.15, 0.2) is 71.6 Å². The fourth-order valence-corrected chi connectivity index (χ4v) is 8.87. The van der Waals surface area contributed by atoms with Crippen LogP contribution in [0.25, 0.3) is 0 Å². The minimum absolute atomic E-state index is 0.0285. The van der Waals surface area contributed by atoms with Crippen LogP contribution < -0.4 is 0 Å². The summed E-state index contributed by atoms with van der Waals surface area (Å²) in [7, 11) is -4.32. The second kappa shape index (κ2) is 10.3. The van der Waals surface area contributed by atoms with Crippen LogP contribution in [-0.2, 0) is 33.2 Å². The van der Waals surface area contributed by atoms with E-state index in [0.717, 1.165) is 11.6 Å². The number of alkyl halides is 7. The van der Waals surface area contributed by atoms with Crippen molar-refractivity contribution in [3.05, 3.63) is 100 Å². The zero-order valence-electron chi connectivity index (χ0n) is 22.6. The Bertz CT molecular complexity index is 1650. The molecule has 1 aliphatic heterocycles. The summed E-state index contributed by atoms with van der Waals surface area (Å²) in [5.74, 6) is -1.15. The van der Waals surface area contributed by atoms with Gasteiger partial charge in [0.05, 0.1) is 10.5 Å². The second-order valence-corrected chi connectivity index (χ2v) is 13.2. The molecular weight excluding hydrogens is 603 g/mol. The number of halogens is 7. The van der Waals surface area contributed by atoms with Crippen molar-refractivity contribution in [2.45, 2.75) is 66.4 Å². The van der Waals surface area contributed by atoms with Crippen LogP contribution in [-0.4, -0.2) is 49.3 Å². The maximum Gasteiger partial charge on any atom is 0.435 e. The lowest BCUT2D eigenvalue weighted by molar-refractivity contribution is -0.348. The first-order valence-electron chi connectivity index (χ1n) is 13.3. The highest BCUT2D eigenvalue weighted by Crippen LogP contribution is 2.56. The summed E-state index contributed by atoms with van der Waals surface area (Å²) in [4.78, 5) is 13.3. The fourth-order valence-electron chi connectivity index (χ4n) is 6.48. The number of nitrogens with zero attached hydrogens (tertiary/aromatic N) is 1. The highest BCUT2D eigenvalue weighted by Gasteiger charge is 2.73. The molecule has 0 aromatic heterocycles. The summed E-state index contributed by atoms with van der Waals surface area (Å²) >= 11 is 0. The van der Waals surface area contributed by atoms with Gasteiger partial charge in [0, 0.05) is 24.7 Å². The van der Waals surface area contributed by atoms with Crippen LogP contribution in [0.3, 0.4) is 0 Å². The van der Waals surface area contributed by atoms with Crippen LogP contribution in [0.2, 0.25) is 0 Å². The monoisotopic (exact) mass is 629 g/mol. The molecule has 0 spiro atoms. The van der Waals surface area contributed by atoms with Crippen molar-refractivity contribution in [1.29, 1.82) is 0 Å². The molecular formula is C30H26F7NO4S. The maximum absolute atomic E-state index is 15.0. The molecule has 1 heterocycles. The maximum atomic E-state index is 15.0. The standard InChI is InChI=1S/C30H26F7NO4S/c1-18-5-9-23(10-6-18)43(41,42)27-13-14-38(17-19-3-2-4-21(15-19)26(39)40)25(27)12-7-20-16-22(8-11-24(20)27)28(31,29(32,33)34)30(35,36)37/h2-6,8-11,15-16,25H,7,12-14,17H2,1H3,(H,39,40)/t25-,27-/m0/s1. The number of carboxylic acids is 1. The largest absolute Gasteiger partial charge is 0.478 e. The number of aromatic carboxylic acids is 1. The number of rotatable bonds is 6. The first-order valence-corrected chi connectivity index (χ1v) is 14.8. The van der Waals surface area contributed by atoms with Gasteiger partial charge < -0.3 is 5.11 Å². The average molecular weight is 630 g/mol. The lowest BCUT2D eigenvalue weighted by Gasteiger charge is -2.43. The van der Waals surface area contributed by atoms with Crippen LogP contribution in [0.1, 0.15) is 51.0 Å². The number of carbonyl (C=O) groups is 1. The van der Waals surface area contributed by atoms with Crippen LogP contribution in [0.5, 0.6) is 0 Å². The molecule has 1 fully saturated rings. The third kappa shape index (κ3) is 4.80. The lowest BCUT2D eigenvalue weighted by Crippen LogP contribution is -2.52. The SMILES string of the molecule is Cc1ccc(S(=O)(=O)[C@]23CCN(Cc4cccc(C(=O)O)c4)[C@H]2CCc2cc(C(F)(C(F)(F)F)C(F)(F)F)ccc23)cc1. The summed E-state index contributed by atoms with van der Waals surface area (Å²) in [6, 6.07) is 13.1. The average Bonchev–Trinajstić information content (AvgIpc) is 3.31. The van der Waals surface area contributed by atoms with E-state index in [0.29, 0.717) is 17.7 Å². The Morgan fingerprint density at radius 1 is 0.953 bits per heavy atom. The predicted octanol–water partition coefficient (Wildman–Crippen LogP) is 6.87. The molecule has 1 aliphatic carbocycles. The van der Waals surface area contributed by atoms with E-state index >= 15 is 0 Å². The highest BCUT2D eigenvalue weighted by molar-refractivity contribution is 7.92. The number of hydrogen-bond donors (Lipinski definition) is 1. The Balaban J connectivity index is 1.66. The molecule has 43 heavy (non-hydrogen) atoms. The minimum atomic E-state index is -6.31. The number of hydrogen-bond acceptors (Lipinski definition) is 4. The highest BCUT2D eigenvalue weighted by atomic mass is 32.2. The van der Waals surface area contributed by atoms with Crippen molar-refractivity contribution >= 4 is 15.8 Å². The van der Waals surface area contributed by atoms with E-state index in [-0.39, 0.29) is 53.9 Å². The van der Waals surface area contributed by atoms with Gasteiger partial charge in [0.25, 0.3) is 0 Å². The third-order valence-corrected chi connectivity index (χ3v) is 11.1. The van der Waals surface area contributed by atoms with Crippen molar-refractivity contribution in [2.24, 2.45) is 0 Å². The smallest absolute Gasteiger partial charge is 0.435 e. The summed E-state index contributed by atoms with van der Waals surface area (Å²) in [5, 5.41) is 9.38. The van der Waals surface area contributed by atoms with Gasteiger partial charge in [0.15, 0.2) is 9.84 Å². The van der Waals surface area contributed by atoms with Gasteiger partial charge in [-0.2, -0.15) is 26.3 Å². The van der Waals surface area contributed by atoms with E-state index in [9.17, 15) is 49.1 Å². The van der Waals surface area contributed by atoms with Gasteiger partial charge in [0.1, 0.15) is 4.75 Å². The summed E-state index contributed by atoms with van der Waals surface area (Å²) in [5.41, 5.74) is -6.00. The topological polar surface area (TPSA) is 74.7 Å². The molecule has 2 atom stereocenters. The van der Waals surface area contributed by atoms with Gasteiger partial charge >= 0.3 is 24.0 Å². The van der Waals surface area contributed by atoms with E-state index in [4.69, 9.17) is 0 Å². The van der Waals surface area contributed by atoms with E-state index in [2.05, 4.69) is 0 Å². The summed E-state index contributed by atoms with van der Waals surface area (Å²) < 4.78 is 123. The van der Waals surface area contributed by atoms with Gasteiger partial charge in [0.2, 0.25) is 0 Å².